The molecule has 0 spiro atoms. The number of aryl methyl sites for hydroxylation is 1. The number of hydrazine groups is 1. The van der Waals surface area contributed by atoms with E-state index in [2.05, 4.69) is 16.5 Å². The predicted molar refractivity (Wildman–Crippen MR) is 79.2 cm³/mol. The summed E-state index contributed by atoms with van der Waals surface area (Å²) in [4.78, 5) is 17.6. The van der Waals surface area contributed by atoms with Crippen LogP contribution in [-0.2, 0) is 11.2 Å². The highest BCUT2D eigenvalue weighted by Gasteiger charge is 2.20. The molecule has 1 amide bonds. The van der Waals surface area contributed by atoms with Gasteiger partial charge in [0.05, 0.1) is 11.9 Å². The molecular formula is C15H16N4O. The van der Waals surface area contributed by atoms with Crippen molar-refractivity contribution in [2.45, 2.75) is 12.8 Å². The van der Waals surface area contributed by atoms with Gasteiger partial charge in [0.2, 0.25) is 5.91 Å². The number of anilines is 2. The SMILES string of the molecule is CN1C(=O)CCc2cc(-c3cncc(NN)c3)ccc21. The quantitative estimate of drug-likeness (QED) is 0.645. The number of benzene rings is 1. The van der Waals surface area contributed by atoms with Crippen LogP contribution < -0.4 is 16.2 Å². The van der Waals surface area contributed by atoms with Crippen LogP contribution >= 0.6 is 0 Å². The van der Waals surface area contributed by atoms with Crippen LogP contribution in [0.3, 0.4) is 0 Å². The molecule has 0 unspecified atom stereocenters. The largest absolute Gasteiger partial charge is 0.323 e. The number of nitrogen functional groups attached to an aromatic ring is 1. The van der Waals surface area contributed by atoms with Crippen molar-refractivity contribution < 1.29 is 4.79 Å². The minimum atomic E-state index is 0.168. The fourth-order valence-electron chi connectivity index (χ4n) is 2.51. The van der Waals surface area contributed by atoms with Gasteiger partial charge in [-0.15, -0.1) is 0 Å². The van der Waals surface area contributed by atoms with E-state index in [-0.39, 0.29) is 5.91 Å². The second-order valence-electron chi connectivity index (χ2n) is 4.90. The second kappa shape index (κ2) is 4.94. The monoisotopic (exact) mass is 268 g/mol. The molecule has 0 aliphatic carbocycles. The van der Waals surface area contributed by atoms with Gasteiger partial charge >= 0.3 is 0 Å². The third-order valence-electron chi connectivity index (χ3n) is 3.66. The molecule has 2 aromatic rings. The van der Waals surface area contributed by atoms with E-state index in [0.717, 1.165) is 28.9 Å². The summed E-state index contributed by atoms with van der Waals surface area (Å²) in [5.74, 6) is 5.57. The normalized spacial score (nSPS) is 14.1. The standard InChI is InChI=1S/C15H16N4O/c1-19-14-4-2-10(6-11(14)3-5-15(19)20)12-7-13(18-16)9-17-8-12/h2,4,6-9,18H,3,5,16H2,1H3. The topological polar surface area (TPSA) is 71.2 Å². The lowest BCUT2D eigenvalue weighted by molar-refractivity contribution is -0.118. The van der Waals surface area contributed by atoms with E-state index in [1.165, 1.54) is 5.56 Å². The molecule has 1 aromatic heterocycles. The van der Waals surface area contributed by atoms with Crippen LogP contribution in [0.4, 0.5) is 11.4 Å². The number of nitrogens with two attached hydrogens (primary N) is 1. The zero-order valence-corrected chi connectivity index (χ0v) is 11.3. The minimum absolute atomic E-state index is 0.168. The van der Waals surface area contributed by atoms with Gasteiger partial charge in [-0.05, 0) is 35.7 Å². The Bertz CT molecular complexity index is 669. The summed E-state index contributed by atoms with van der Waals surface area (Å²) in [6, 6.07) is 8.07. The Balaban J connectivity index is 2.02. The van der Waals surface area contributed by atoms with Crippen molar-refractivity contribution in [3.8, 4) is 11.1 Å². The molecule has 5 nitrogen and oxygen atoms in total. The Labute approximate surface area is 117 Å². The Kier molecular flexibility index (Phi) is 3.12. The summed E-state index contributed by atoms with van der Waals surface area (Å²) in [5, 5.41) is 0. The van der Waals surface area contributed by atoms with Gasteiger partial charge < -0.3 is 10.3 Å². The maximum absolute atomic E-state index is 11.7. The number of nitrogens with one attached hydrogen (secondary N) is 1. The van der Waals surface area contributed by atoms with E-state index in [1.54, 1.807) is 17.3 Å². The van der Waals surface area contributed by atoms with Crippen LogP contribution in [0.2, 0.25) is 0 Å². The lowest BCUT2D eigenvalue weighted by Crippen LogP contribution is -2.30. The van der Waals surface area contributed by atoms with Crippen LogP contribution in [0.5, 0.6) is 0 Å². The molecule has 0 atom stereocenters. The number of hydrogen-bond donors (Lipinski definition) is 2. The highest BCUT2D eigenvalue weighted by atomic mass is 16.2. The Morgan fingerprint density at radius 1 is 1.20 bits per heavy atom. The summed E-state index contributed by atoms with van der Waals surface area (Å²) in [6.07, 6.45) is 4.83. The first kappa shape index (κ1) is 12.6. The lowest BCUT2D eigenvalue weighted by atomic mass is 9.97. The Hall–Kier alpha value is -2.40. The molecule has 0 radical (unpaired) electrons. The second-order valence-corrected chi connectivity index (χ2v) is 4.90. The van der Waals surface area contributed by atoms with Gasteiger partial charge in [0.25, 0.3) is 0 Å². The number of hydrogen-bond acceptors (Lipinski definition) is 4. The summed E-state index contributed by atoms with van der Waals surface area (Å²) in [5.41, 5.74) is 7.63. The first-order valence-corrected chi connectivity index (χ1v) is 6.50. The third-order valence-corrected chi connectivity index (χ3v) is 3.66. The first-order chi connectivity index (χ1) is 9.69. The van der Waals surface area contributed by atoms with Gasteiger partial charge in [0.15, 0.2) is 0 Å². The number of fused-ring (bicyclic) bond motifs is 1. The van der Waals surface area contributed by atoms with Gasteiger partial charge in [-0.1, -0.05) is 6.07 Å². The molecule has 0 saturated heterocycles. The number of aromatic nitrogens is 1. The smallest absolute Gasteiger partial charge is 0.227 e. The predicted octanol–water partition coefficient (Wildman–Crippen LogP) is 1.94. The number of carbonyl (C=O) groups is 1. The van der Waals surface area contributed by atoms with E-state index < -0.39 is 0 Å². The van der Waals surface area contributed by atoms with Crippen LogP contribution in [-0.4, -0.2) is 17.9 Å². The molecule has 0 fully saturated rings. The van der Waals surface area contributed by atoms with Gasteiger partial charge in [0.1, 0.15) is 0 Å². The van der Waals surface area contributed by atoms with E-state index in [0.29, 0.717) is 6.42 Å². The molecular weight excluding hydrogens is 252 g/mol. The molecule has 3 rings (SSSR count). The van der Waals surface area contributed by atoms with E-state index in [4.69, 9.17) is 5.84 Å². The summed E-state index contributed by atoms with van der Waals surface area (Å²) >= 11 is 0. The van der Waals surface area contributed by atoms with Crippen LogP contribution in [0, 0.1) is 0 Å². The summed E-state index contributed by atoms with van der Waals surface area (Å²) in [7, 11) is 1.82. The number of pyridine rings is 1. The van der Waals surface area contributed by atoms with Gasteiger partial charge in [0, 0.05) is 30.9 Å². The van der Waals surface area contributed by atoms with E-state index in [9.17, 15) is 4.79 Å². The van der Waals surface area contributed by atoms with Gasteiger partial charge in [-0.3, -0.25) is 15.6 Å². The molecule has 5 heteroatoms. The van der Waals surface area contributed by atoms with Gasteiger partial charge in [-0.25, -0.2) is 0 Å². The summed E-state index contributed by atoms with van der Waals surface area (Å²) < 4.78 is 0. The third kappa shape index (κ3) is 2.12. The fourth-order valence-corrected chi connectivity index (χ4v) is 2.51. The van der Waals surface area contributed by atoms with Gasteiger partial charge in [-0.2, -0.15) is 0 Å². The molecule has 102 valence electrons. The molecule has 0 bridgehead atoms. The van der Waals surface area contributed by atoms with Crippen molar-refractivity contribution in [3.63, 3.8) is 0 Å². The number of carbonyl (C=O) groups excluding carboxylic acids is 1. The minimum Gasteiger partial charge on any atom is -0.323 e. The summed E-state index contributed by atoms with van der Waals surface area (Å²) in [6.45, 7) is 0. The maximum Gasteiger partial charge on any atom is 0.227 e. The number of rotatable bonds is 2. The fraction of sp³-hybridized carbons (Fsp3) is 0.200. The Morgan fingerprint density at radius 2 is 2.05 bits per heavy atom. The van der Waals surface area contributed by atoms with Crippen molar-refractivity contribution in [1.29, 1.82) is 0 Å². The maximum atomic E-state index is 11.7. The van der Waals surface area contributed by atoms with Crippen LogP contribution in [0.25, 0.3) is 11.1 Å². The molecule has 3 N–H and O–H groups in total. The number of amides is 1. The van der Waals surface area contributed by atoms with E-state index in [1.807, 2.05) is 25.2 Å². The zero-order valence-electron chi connectivity index (χ0n) is 11.3. The lowest BCUT2D eigenvalue weighted by Gasteiger charge is -2.26. The van der Waals surface area contributed by atoms with Crippen molar-refractivity contribution in [3.05, 3.63) is 42.2 Å². The Morgan fingerprint density at radius 3 is 2.85 bits per heavy atom. The molecule has 0 saturated carbocycles. The molecule has 20 heavy (non-hydrogen) atoms. The average Bonchev–Trinajstić information content (AvgIpc) is 2.51. The molecule has 2 heterocycles. The molecule has 1 aliphatic rings. The highest BCUT2D eigenvalue weighted by molar-refractivity contribution is 5.96. The van der Waals surface area contributed by atoms with Crippen molar-refractivity contribution in [2.24, 2.45) is 5.84 Å². The average molecular weight is 268 g/mol. The highest BCUT2D eigenvalue weighted by Crippen LogP contribution is 2.31. The number of nitrogens with zero attached hydrogens (tertiary/aromatic N) is 2. The van der Waals surface area contributed by atoms with Crippen molar-refractivity contribution >= 4 is 17.3 Å². The van der Waals surface area contributed by atoms with Crippen LogP contribution in [0.15, 0.2) is 36.7 Å². The van der Waals surface area contributed by atoms with Crippen LogP contribution in [0.1, 0.15) is 12.0 Å². The first-order valence-electron chi connectivity index (χ1n) is 6.50. The zero-order chi connectivity index (χ0) is 14.1. The molecule has 1 aliphatic heterocycles. The van der Waals surface area contributed by atoms with Crippen molar-refractivity contribution in [2.75, 3.05) is 17.4 Å². The van der Waals surface area contributed by atoms with Crippen molar-refractivity contribution in [1.82, 2.24) is 4.98 Å². The molecule has 1 aromatic carbocycles. The van der Waals surface area contributed by atoms with E-state index >= 15 is 0 Å².